The highest BCUT2D eigenvalue weighted by atomic mass is 35.5. The van der Waals surface area contributed by atoms with Gasteiger partial charge in [0, 0.05) is 26.2 Å². The zero-order valence-electron chi connectivity index (χ0n) is 16.5. The Hall–Kier alpha value is -2.30. The lowest BCUT2D eigenvalue weighted by molar-refractivity contribution is -0.0493. The van der Waals surface area contributed by atoms with Crippen molar-refractivity contribution in [2.45, 2.75) is 18.4 Å². The van der Waals surface area contributed by atoms with E-state index in [1.807, 2.05) is 4.90 Å². The van der Waals surface area contributed by atoms with E-state index in [1.165, 1.54) is 31.4 Å². The summed E-state index contributed by atoms with van der Waals surface area (Å²) in [6, 6.07) is 8.83. The van der Waals surface area contributed by atoms with Crippen LogP contribution in [0.15, 0.2) is 41.3 Å². The van der Waals surface area contributed by atoms with Crippen LogP contribution in [0.25, 0.3) is 0 Å². The maximum atomic E-state index is 13.0. The van der Waals surface area contributed by atoms with Crippen LogP contribution in [0, 0.1) is 6.92 Å². The van der Waals surface area contributed by atoms with Crippen molar-refractivity contribution in [1.29, 1.82) is 0 Å². The lowest BCUT2D eigenvalue weighted by atomic mass is 10.2. The fourth-order valence-corrected chi connectivity index (χ4v) is 4.20. The first-order chi connectivity index (χ1) is 13.8. The maximum Gasteiger partial charge on any atom is 0.387 e. The molecule has 30 heavy (non-hydrogen) atoms. The van der Waals surface area contributed by atoms with E-state index in [-0.39, 0.29) is 28.7 Å². The Morgan fingerprint density at radius 2 is 1.77 bits per heavy atom. The SMILES string of the molecule is COc1ccc(S(=O)(=O)Nc2cc(C)ccc2OC(F)F)cc1N1CCNCC1.Cl. The van der Waals surface area contributed by atoms with Gasteiger partial charge in [-0.2, -0.15) is 8.78 Å². The fourth-order valence-electron chi connectivity index (χ4n) is 3.12. The van der Waals surface area contributed by atoms with Crippen LogP contribution >= 0.6 is 12.4 Å². The second-order valence-electron chi connectivity index (χ2n) is 6.55. The summed E-state index contributed by atoms with van der Waals surface area (Å²) in [5.74, 6) is 0.313. The average molecular weight is 464 g/mol. The van der Waals surface area contributed by atoms with E-state index in [4.69, 9.17) is 4.74 Å². The third-order valence-electron chi connectivity index (χ3n) is 4.51. The molecule has 3 rings (SSSR count). The van der Waals surface area contributed by atoms with Gasteiger partial charge in [0.1, 0.15) is 11.5 Å². The molecule has 0 amide bonds. The second kappa shape index (κ2) is 10.1. The van der Waals surface area contributed by atoms with Crippen molar-refractivity contribution in [1.82, 2.24) is 5.32 Å². The molecule has 1 aliphatic heterocycles. The highest BCUT2D eigenvalue weighted by Crippen LogP contribution is 2.34. The van der Waals surface area contributed by atoms with E-state index in [1.54, 1.807) is 19.1 Å². The minimum absolute atomic E-state index is 0. The van der Waals surface area contributed by atoms with Crippen molar-refractivity contribution in [3.05, 3.63) is 42.0 Å². The van der Waals surface area contributed by atoms with Crippen LogP contribution in [0.5, 0.6) is 11.5 Å². The number of anilines is 2. The summed E-state index contributed by atoms with van der Waals surface area (Å²) in [6.07, 6.45) is 0. The maximum absolute atomic E-state index is 13.0. The normalized spacial score (nSPS) is 14.2. The lowest BCUT2D eigenvalue weighted by Crippen LogP contribution is -2.43. The second-order valence-corrected chi connectivity index (χ2v) is 8.24. The molecule has 7 nitrogen and oxygen atoms in total. The standard InChI is InChI=1S/C19H23F2N3O4S.ClH/c1-13-3-5-17(28-19(20)21)15(11-13)23-29(25,26)14-4-6-18(27-2)16(12-14)24-9-7-22-8-10-24;/h3-6,11-12,19,22-23H,7-10H2,1-2H3;1H. The quantitative estimate of drug-likeness (QED) is 0.656. The third-order valence-corrected chi connectivity index (χ3v) is 5.88. The van der Waals surface area contributed by atoms with Crippen molar-refractivity contribution in [3.8, 4) is 11.5 Å². The molecule has 11 heteroatoms. The van der Waals surface area contributed by atoms with Crippen molar-refractivity contribution >= 4 is 33.8 Å². The number of halogens is 3. The van der Waals surface area contributed by atoms with Gasteiger partial charge in [-0.3, -0.25) is 4.72 Å². The highest BCUT2D eigenvalue weighted by molar-refractivity contribution is 7.92. The van der Waals surface area contributed by atoms with Crippen LogP contribution in [-0.4, -0.2) is 48.3 Å². The molecule has 0 radical (unpaired) electrons. The number of nitrogens with one attached hydrogen (secondary N) is 2. The topological polar surface area (TPSA) is 79.9 Å². The van der Waals surface area contributed by atoms with Gasteiger partial charge < -0.3 is 19.7 Å². The number of benzene rings is 2. The van der Waals surface area contributed by atoms with E-state index in [0.717, 1.165) is 13.1 Å². The van der Waals surface area contributed by atoms with Crippen molar-refractivity contribution < 1.29 is 26.7 Å². The molecule has 2 aromatic carbocycles. The van der Waals surface area contributed by atoms with Gasteiger partial charge in [0.15, 0.2) is 0 Å². The molecule has 166 valence electrons. The summed E-state index contributed by atoms with van der Waals surface area (Å²) < 4.78 is 63.5. The molecule has 1 fully saturated rings. The van der Waals surface area contributed by atoms with Crippen molar-refractivity contribution in [3.63, 3.8) is 0 Å². The molecular weight excluding hydrogens is 440 g/mol. The number of alkyl halides is 2. The molecule has 0 aliphatic carbocycles. The van der Waals surface area contributed by atoms with E-state index in [9.17, 15) is 17.2 Å². The summed E-state index contributed by atoms with van der Waals surface area (Å²) in [4.78, 5) is 2.03. The lowest BCUT2D eigenvalue weighted by Gasteiger charge is -2.30. The largest absolute Gasteiger partial charge is 0.495 e. The Morgan fingerprint density at radius 3 is 2.40 bits per heavy atom. The minimum atomic E-state index is -4.05. The molecule has 2 aromatic rings. The molecule has 1 aliphatic rings. The predicted octanol–water partition coefficient (Wildman–Crippen LogP) is 3.24. The van der Waals surface area contributed by atoms with E-state index in [0.29, 0.717) is 30.1 Å². The van der Waals surface area contributed by atoms with Crippen molar-refractivity contribution in [2.24, 2.45) is 0 Å². The monoisotopic (exact) mass is 463 g/mol. The number of piperazine rings is 1. The Labute approximate surface area is 180 Å². The predicted molar refractivity (Wildman–Crippen MR) is 114 cm³/mol. The molecule has 0 aromatic heterocycles. The summed E-state index contributed by atoms with van der Waals surface area (Å²) >= 11 is 0. The first-order valence-corrected chi connectivity index (χ1v) is 10.5. The fraction of sp³-hybridized carbons (Fsp3) is 0.368. The number of aryl methyl sites for hydroxylation is 1. The highest BCUT2D eigenvalue weighted by Gasteiger charge is 2.22. The molecule has 0 atom stereocenters. The van der Waals surface area contributed by atoms with Gasteiger partial charge in [0.05, 0.1) is 23.4 Å². The number of hydrogen-bond donors (Lipinski definition) is 2. The summed E-state index contributed by atoms with van der Waals surface area (Å²) in [5.41, 5.74) is 1.30. The molecule has 2 N–H and O–H groups in total. The number of hydrogen-bond acceptors (Lipinski definition) is 6. The first kappa shape index (κ1) is 24.0. The molecule has 1 heterocycles. The smallest absolute Gasteiger partial charge is 0.387 e. The number of nitrogens with zero attached hydrogens (tertiary/aromatic N) is 1. The van der Waals surface area contributed by atoms with Crippen LogP contribution in [0.2, 0.25) is 0 Å². The Kier molecular flexibility index (Phi) is 8.10. The summed E-state index contributed by atoms with van der Waals surface area (Å²) in [5, 5.41) is 3.24. The number of ether oxygens (including phenoxy) is 2. The van der Waals surface area contributed by atoms with Gasteiger partial charge in [-0.25, -0.2) is 8.42 Å². The van der Waals surface area contributed by atoms with Crippen LogP contribution in [0.1, 0.15) is 5.56 Å². The van der Waals surface area contributed by atoms with E-state index >= 15 is 0 Å². The van der Waals surface area contributed by atoms with Crippen LogP contribution < -0.4 is 24.4 Å². The van der Waals surface area contributed by atoms with Crippen LogP contribution in [-0.2, 0) is 10.0 Å². The molecule has 0 spiro atoms. The third kappa shape index (κ3) is 5.65. The molecule has 0 saturated carbocycles. The average Bonchev–Trinajstić information content (AvgIpc) is 2.69. The van der Waals surface area contributed by atoms with Gasteiger partial charge in [-0.15, -0.1) is 12.4 Å². The summed E-state index contributed by atoms with van der Waals surface area (Å²) in [7, 11) is -2.53. The number of methoxy groups -OCH3 is 1. The first-order valence-electron chi connectivity index (χ1n) is 9.02. The van der Waals surface area contributed by atoms with Crippen LogP contribution in [0.4, 0.5) is 20.2 Å². The van der Waals surface area contributed by atoms with E-state index < -0.39 is 16.6 Å². The summed E-state index contributed by atoms with van der Waals surface area (Å²) in [6.45, 7) is 1.61. The van der Waals surface area contributed by atoms with Crippen molar-refractivity contribution in [2.75, 3.05) is 42.9 Å². The number of sulfonamides is 1. The zero-order valence-corrected chi connectivity index (χ0v) is 18.2. The Balaban J connectivity index is 0.00000320. The Bertz CT molecular complexity index is 970. The van der Waals surface area contributed by atoms with Gasteiger partial charge in [-0.05, 0) is 42.8 Å². The minimum Gasteiger partial charge on any atom is -0.495 e. The molecule has 1 saturated heterocycles. The van der Waals surface area contributed by atoms with Gasteiger partial charge >= 0.3 is 6.61 Å². The molecule has 0 bridgehead atoms. The van der Waals surface area contributed by atoms with Crippen LogP contribution in [0.3, 0.4) is 0 Å². The number of rotatable bonds is 7. The molecular formula is C19H24ClF2N3O4S. The van der Waals surface area contributed by atoms with Gasteiger partial charge in [0.2, 0.25) is 0 Å². The molecule has 0 unspecified atom stereocenters. The Morgan fingerprint density at radius 1 is 1.10 bits per heavy atom. The zero-order chi connectivity index (χ0) is 21.0. The van der Waals surface area contributed by atoms with Gasteiger partial charge in [0.25, 0.3) is 10.0 Å². The van der Waals surface area contributed by atoms with Gasteiger partial charge in [-0.1, -0.05) is 6.07 Å². The van der Waals surface area contributed by atoms with E-state index in [2.05, 4.69) is 14.8 Å².